The van der Waals surface area contributed by atoms with Crippen LogP contribution < -0.4 is 0 Å². The molecule has 0 fully saturated rings. The second-order valence-corrected chi connectivity index (χ2v) is 2.37. The smallest absolute Gasteiger partial charge is 0.243 e. The Morgan fingerprint density at radius 2 is 2.27 bits per heavy atom. The highest BCUT2D eigenvalue weighted by Crippen LogP contribution is 2.20. The van der Waals surface area contributed by atoms with E-state index in [-0.39, 0.29) is 5.78 Å². The van der Waals surface area contributed by atoms with Crippen molar-refractivity contribution >= 4 is 12.0 Å². The molecule has 11 heavy (non-hydrogen) atoms. The van der Waals surface area contributed by atoms with Crippen LogP contribution in [0, 0.1) is 5.21 Å². The van der Waals surface area contributed by atoms with Crippen LogP contribution in [0.1, 0.15) is 0 Å². The molecule has 0 N–H and O–H groups in total. The zero-order chi connectivity index (χ0) is 7.84. The highest BCUT2D eigenvalue weighted by atomic mass is 16.5. The Morgan fingerprint density at radius 3 is 3.09 bits per heavy atom. The number of hydroxylamine groups is 1. The molecule has 0 aromatic heterocycles. The van der Waals surface area contributed by atoms with Crippen LogP contribution in [-0.2, 0) is 4.79 Å². The molecular weight excluding hydrogens is 142 g/mol. The summed E-state index contributed by atoms with van der Waals surface area (Å²) in [6.07, 6.45) is 7.65. The Balaban J connectivity index is 2.54. The van der Waals surface area contributed by atoms with Gasteiger partial charge in [0.2, 0.25) is 17.7 Å². The average Bonchev–Trinajstić information content (AvgIpc) is 2.34. The zero-order valence-electron chi connectivity index (χ0n) is 5.65. The summed E-state index contributed by atoms with van der Waals surface area (Å²) in [7, 11) is 0. The molecule has 0 bridgehead atoms. The van der Waals surface area contributed by atoms with E-state index in [2.05, 4.69) is 0 Å². The fraction of sp³-hybridized carbons (Fsp3) is 0. The van der Waals surface area contributed by atoms with Crippen molar-refractivity contribution in [3.8, 4) is 0 Å². The lowest BCUT2D eigenvalue weighted by atomic mass is 10.1. The molecule has 0 saturated heterocycles. The normalized spacial score (nSPS) is 20.7. The van der Waals surface area contributed by atoms with Gasteiger partial charge in [-0.05, 0) is 6.08 Å². The summed E-state index contributed by atoms with van der Waals surface area (Å²) < 4.78 is 0.595. The molecule has 1 aliphatic carbocycles. The summed E-state index contributed by atoms with van der Waals surface area (Å²) in [5.74, 6) is -0.251. The predicted molar refractivity (Wildman–Crippen MR) is 40.0 cm³/mol. The van der Waals surface area contributed by atoms with Gasteiger partial charge in [-0.2, -0.15) is 4.74 Å². The monoisotopic (exact) mass is 147 g/mol. The molecule has 0 radical (unpaired) electrons. The molecule has 2 rings (SSSR count). The van der Waals surface area contributed by atoms with E-state index in [0.29, 0.717) is 16.0 Å². The van der Waals surface area contributed by atoms with Crippen LogP contribution in [-0.4, -0.2) is 16.7 Å². The molecule has 2 aliphatic rings. The van der Waals surface area contributed by atoms with Gasteiger partial charge in [0, 0.05) is 12.2 Å². The van der Waals surface area contributed by atoms with E-state index in [0.717, 1.165) is 6.21 Å². The van der Waals surface area contributed by atoms with Crippen LogP contribution in [0.3, 0.4) is 0 Å². The molecule has 0 aromatic carbocycles. The Kier molecular flexibility index (Phi) is 1.06. The molecule has 54 valence electrons. The first kappa shape index (κ1) is 6.09. The van der Waals surface area contributed by atoms with Gasteiger partial charge in [0.25, 0.3) is 0 Å². The van der Waals surface area contributed by atoms with Gasteiger partial charge in [0.05, 0.1) is 5.57 Å². The Morgan fingerprint density at radius 1 is 1.45 bits per heavy atom. The molecule has 0 saturated carbocycles. The molecule has 0 aromatic rings. The third kappa shape index (κ3) is 0.816. The molecule has 3 heteroatoms. The third-order valence-electron chi connectivity index (χ3n) is 1.61. The van der Waals surface area contributed by atoms with Crippen LogP contribution >= 0.6 is 0 Å². The predicted octanol–water partition coefficient (Wildman–Crippen LogP) is 0.530. The first-order valence-electron chi connectivity index (χ1n) is 3.23. The van der Waals surface area contributed by atoms with Crippen molar-refractivity contribution in [1.29, 1.82) is 0 Å². The topological polar surface area (TPSA) is 43.1 Å². The number of hydrogen-bond acceptors (Lipinski definition) is 2. The summed E-state index contributed by atoms with van der Waals surface area (Å²) in [5, 5.41) is 11.0. The van der Waals surface area contributed by atoms with Gasteiger partial charge in [-0.15, -0.1) is 0 Å². The van der Waals surface area contributed by atoms with Gasteiger partial charge in [-0.1, -0.05) is 6.08 Å². The van der Waals surface area contributed by atoms with Gasteiger partial charge in [-0.3, -0.25) is 4.79 Å². The number of rotatable bonds is 0. The first-order chi connectivity index (χ1) is 5.27. The quantitative estimate of drug-likeness (QED) is 0.370. The number of hydrogen-bond donors (Lipinski definition) is 0. The lowest BCUT2D eigenvalue weighted by Gasteiger charge is -2.07. The lowest BCUT2D eigenvalue weighted by Crippen LogP contribution is -2.16. The molecular formula is C8H5NO2. The van der Waals surface area contributed by atoms with Gasteiger partial charge in [0.15, 0.2) is 0 Å². The minimum absolute atomic E-state index is 0.251. The maximum absolute atomic E-state index is 11.0. The minimum Gasteiger partial charge on any atom is -0.618 e. The maximum atomic E-state index is 11.0. The van der Waals surface area contributed by atoms with E-state index in [1.54, 1.807) is 18.2 Å². The largest absolute Gasteiger partial charge is 0.618 e. The number of allylic oxidation sites excluding steroid dienone is 4. The van der Waals surface area contributed by atoms with Crippen molar-refractivity contribution in [2.24, 2.45) is 0 Å². The average molecular weight is 147 g/mol. The van der Waals surface area contributed by atoms with Gasteiger partial charge in [0.1, 0.15) is 0 Å². The Labute approximate surface area is 63.2 Å². The van der Waals surface area contributed by atoms with Crippen molar-refractivity contribution in [2.75, 3.05) is 0 Å². The molecule has 0 unspecified atom stereocenters. The molecule has 0 spiro atoms. The van der Waals surface area contributed by atoms with Gasteiger partial charge < -0.3 is 5.21 Å². The molecule has 0 atom stereocenters. The Bertz CT molecular complexity index is 345. The summed E-state index contributed by atoms with van der Waals surface area (Å²) in [5.41, 5.74) is 1.25. The van der Waals surface area contributed by atoms with Crippen molar-refractivity contribution in [3.05, 3.63) is 40.8 Å². The van der Waals surface area contributed by atoms with Crippen LogP contribution in [0.25, 0.3) is 0 Å². The fourth-order valence-corrected chi connectivity index (χ4v) is 1.12. The zero-order valence-corrected chi connectivity index (χ0v) is 5.65. The van der Waals surface area contributed by atoms with Gasteiger partial charge >= 0.3 is 0 Å². The van der Waals surface area contributed by atoms with E-state index in [1.165, 1.54) is 6.08 Å². The first-order valence-corrected chi connectivity index (χ1v) is 3.23. The van der Waals surface area contributed by atoms with Crippen molar-refractivity contribution in [3.63, 3.8) is 0 Å². The molecule has 1 aliphatic heterocycles. The standard InChI is InChI=1S/C8H5NO2/c10-7-4-6-2-1-3-8(6)9(11)5-7/h1-5H. The molecule has 3 nitrogen and oxygen atoms in total. The summed E-state index contributed by atoms with van der Waals surface area (Å²) in [4.78, 5) is 10.8. The van der Waals surface area contributed by atoms with Crippen LogP contribution in [0.5, 0.6) is 0 Å². The van der Waals surface area contributed by atoms with Crippen LogP contribution in [0.4, 0.5) is 0 Å². The molecule has 0 amide bonds. The second-order valence-electron chi connectivity index (χ2n) is 2.37. The number of ketones is 1. The van der Waals surface area contributed by atoms with E-state index >= 15 is 0 Å². The second kappa shape index (κ2) is 1.92. The van der Waals surface area contributed by atoms with Crippen LogP contribution in [0.2, 0.25) is 0 Å². The SMILES string of the molecule is O=C1C=C2C=CC=C2[N+]([O-])=C1. The van der Waals surface area contributed by atoms with Gasteiger partial charge in [-0.25, -0.2) is 0 Å². The van der Waals surface area contributed by atoms with Crippen molar-refractivity contribution < 1.29 is 9.53 Å². The fourth-order valence-electron chi connectivity index (χ4n) is 1.12. The number of carbonyl (C=O) groups excluding carboxylic acids is 1. The number of carbonyl (C=O) groups is 1. The van der Waals surface area contributed by atoms with E-state index < -0.39 is 0 Å². The third-order valence-corrected chi connectivity index (χ3v) is 1.61. The maximum Gasteiger partial charge on any atom is 0.243 e. The highest BCUT2D eigenvalue weighted by molar-refractivity contribution is 6.32. The van der Waals surface area contributed by atoms with Crippen molar-refractivity contribution in [2.45, 2.75) is 0 Å². The lowest BCUT2D eigenvalue weighted by molar-refractivity contribution is -0.391. The number of nitrogens with zero attached hydrogens (tertiary/aromatic N) is 1. The Hall–Kier alpha value is -1.64. The minimum atomic E-state index is -0.251. The van der Waals surface area contributed by atoms with E-state index in [4.69, 9.17) is 0 Å². The van der Waals surface area contributed by atoms with Crippen LogP contribution in [0.15, 0.2) is 35.6 Å². The van der Waals surface area contributed by atoms with E-state index in [1.807, 2.05) is 0 Å². The highest BCUT2D eigenvalue weighted by Gasteiger charge is 2.21. The number of fused-ring (bicyclic) bond motifs is 1. The summed E-state index contributed by atoms with van der Waals surface area (Å²) in [6.45, 7) is 0. The summed E-state index contributed by atoms with van der Waals surface area (Å²) >= 11 is 0. The van der Waals surface area contributed by atoms with Crippen molar-refractivity contribution in [1.82, 2.24) is 0 Å². The molecule has 1 heterocycles. The summed E-state index contributed by atoms with van der Waals surface area (Å²) in [6, 6.07) is 0. The van der Waals surface area contributed by atoms with E-state index in [9.17, 15) is 10.0 Å².